The Morgan fingerprint density at radius 3 is 2.85 bits per heavy atom. The number of methoxy groups -OCH3 is 1. The Kier molecular flexibility index (Phi) is 6.43. The highest BCUT2D eigenvalue weighted by atomic mass is 16.5. The van der Waals surface area contributed by atoms with Crippen molar-refractivity contribution in [2.75, 3.05) is 32.1 Å². The highest BCUT2D eigenvalue weighted by Crippen LogP contribution is 2.19. The average Bonchev–Trinajstić information content (AvgIpc) is 3.29. The van der Waals surface area contributed by atoms with E-state index in [4.69, 9.17) is 4.74 Å². The Bertz CT molecular complexity index is 762. The van der Waals surface area contributed by atoms with Crippen molar-refractivity contribution in [1.29, 1.82) is 0 Å². The number of likely N-dealkylation sites (tertiary alicyclic amines) is 1. The van der Waals surface area contributed by atoms with Crippen LogP contribution >= 0.6 is 0 Å². The van der Waals surface area contributed by atoms with E-state index in [0.29, 0.717) is 31.8 Å². The predicted molar refractivity (Wildman–Crippen MR) is 101 cm³/mol. The Balaban J connectivity index is 1.63. The molecule has 3 amide bonds. The maximum atomic E-state index is 12.5. The van der Waals surface area contributed by atoms with E-state index in [0.717, 1.165) is 18.5 Å². The summed E-state index contributed by atoms with van der Waals surface area (Å²) in [7, 11) is 1.63. The summed E-state index contributed by atoms with van der Waals surface area (Å²) in [4.78, 5) is 26.3. The fourth-order valence-corrected chi connectivity index (χ4v) is 3.10. The minimum Gasteiger partial charge on any atom is -0.383 e. The molecule has 1 unspecified atom stereocenters. The number of benzene rings is 1. The van der Waals surface area contributed by atoms with Gasteiger partial charge in [0.25, 0.3) is 0 Å². The van der Waals surface area contributed by atoms with Gasteiger partial charge in [-0.25, -0.2) is 4.79 Å². The predicted octanol–water partition coefficient (Wildman–Crippen LogP) is 2.01. The van der Waals surface area contributed by atoms with E-state index in [1.54, 1.807) is 29.1 Å². The van der Waals surface area contributed by atoms with Crippen LogP contribution in [0.3, 0.4) is 0 Å². The largest absolute Gasteiger partial charge is 0.383 e. The summed E-state index contributed by atoms with van der Waals surface area (Å²) >= 11 is 0. The second kappa shape index (κ2) is 9.18. The Hall–Kier alpha value is -2.87. The second-order valence-electron chi connectivity index (χ2n) is 6.49. The van der Waals surface area contributed by atoms with Gasteiger partial charge < -0.3 is 20.3 Å². The number of hydrogen-bond donors (Lipinski definition) is 2. The molecule has 144 valence electrons. The van der Waals surface area contributed by atoms with E-state index in [-0.39, 0.29) is 18.0 Å². The first-order valence-electron chi connectivity index (χ1n) is 9.07. The van der Waals surface area contributed by atoms with E-state index in [1.165, 1.54) is 0 Å². The normalized spacial score (nSPS) is 15.0. The van der Waals surface area contributed by atoms with E-state index in [2.05, 4.69) is 15.7 Å². The molecule has 3 rings (SSSR count). The molecule has 27 heavy (non-hydrogen) atoms. The molecule has 0 bridgehead atoms. The van der Waals surface area contributed by atoms with Gasteiger partial charge in [-0.3, -0.25) is 9.48 Å². The fourth-order valence-electron chi connectivity index (χ4n) is 3.10. The molecule has 0 spiro atoms. The van der Waals surface area contributed by atoms with Gasteiger partial charge in [0.05, 0.1) is 31.1 Å². The number of hydrogen-bond acceptors (Lipinski definition) is 4. The number of ether oxygens (including phenoxy) is 1. The highest BCUT2D eigenvalue weighted by molar-refractivity contribution is 5.89. The third-order valence-electron chi connectivity index (χ3n) is 4.50. The number of anilines is 1. The third kappa shape index (κ3) is 5.30. The van der Waals surface area contributed by atoms with E-state index in [9.17, 15) is 9.59 Å². The first kappa shape index (κ1) is 18.9. The van der Waals surface area contributed by atoms with Crippen LogP contribution in [0.15, 0.2) is 42.7 Å². The quantitative estimate of drug-likeness (QED) is 0.743. The summed E-state index contributed by atoms with van der Waals surface area (Å²) in [6.45, 7) is 2.36. The van der Waals surface area contributed by atoms with Crippen LogP contribution in [0.5, 0.6) is 0 Å². The van der Waals surface area contributed by atoms with Gasteiger partial charge in [-0.1, -0.05) is 30.3 Å². The van der Waals surface area contributed by atoms with Crippen LogP contribution in [0.4, 0.5) is 10.5 Å². The van der Waals surface area contributed by atoms with E-state index < -0.39 is 0 Å². The van der Waals surface area contributed by atoms with E-state index >= 15 is 0 Å². The van der Waals surface area contributed by atoms with Gasteiger partial charge in [0.1, 0.15) is 0 Å². The zero-order chi connectivity index (χ0) is 19.1. The van der Waals surface area contributed by atoms with Gasteiger partial charge in [-0.15, -0.1) is 0 Å². The number of carbonyl (C=O) groups is 2. The van der Waals surface area contributed by atoms with Crippen LogP contribution in [0, 0.1) is 0 Å². The van der Waals surface area contributed by atoms with Crippen molar-refractivity contribution >= 4 is 17.6 Å². The number of aromatic nitrogens is 2. The summed E-state index contributed by atoms with van der Waals surface area (Å²) in [5.74, 6) is 0.137. The molecule has 1 aromatic heterocycles. The number of nitrogens with one attached hydrogen (secondary N) is 2. The number of amides is 3. The molecule has 0 saturated carbocycles. The molecule has 2 heterocycles. The standard InChI is InChI=1S/C19H25N5O3/c1-27-11-10-24-13-16(12-20-24)21-19(26)22-17(15-6-3-2-4-7-15)14-23-9-5-8-18(23)25/h2-4,6-7,12-13,17H,5,8-11,14H2,1H3,(H2,21,22,26). The van der Waals surface area contributed by atoms with Crippen LogP contribution in [0.25, 0.3) is 0 Å². The zero-order valence-electron chi connectivity index (χ0n) is 15.4. The van der Waals surface area contributed by atoms with Crippen LogP contribution in [0.1, 0.15) is 24.4 Å². The molecule has 1 fully saturated rings. The smallest absolute Gasteiger partial charge is 0.319 e. The lowest BCUT2D eigenvalue weighted by molar-refractivity contribution is -0.128. The molecule has 2 N–H and O–H groups in total. The molecule has 0 aliphatic carbocycles. The molecule has 1 aliphatic heterocycles. The van der Waals surface area contributed by atoms with Gasteiger partial charge in [-0.2, -0.15) is 5.10 Å². The summed E-state index contributed by atoms with van der Waals surface area (Å²) in [5, 5.41) is 9.95. The van der Waals surface area contributed by atoms with Gasteiger partial charge in [-0.05, 0) is 12.0 Å². The first-order valence-corrected chi connectivity index (χ1v) is 9.07. The zero-order valence-corrected chi connectivity index (χ0v) is 15.4. The van der Waals surface area contributed by atoms with Crippen molar-refractivity contribution in [3.8, 4) is 0 Å². The van der Waals surface area contributed by atoms with E-state index in [1.807, 2.05) is 30.3 Å². The number of rotatable bonds is 8. The SMILES string of the molecule is COCCn1cc(NC(=O)NC(CN2CCCC2=O)c2ccccc2)cn1. The lowest BCUT2D eigenvalue weighted by atomic mass is 10.1. The third-order valence-corrected chi connectivity index (χ3v) is 4.50. The molecule has 8 nitrogen and oxygen atoms in total. The Morgan fingerprint density at radius 2 is 2.15 bits per heavy atom. The van der Waals surface area contributed by atoms with Crippen molar-refractivity contribution in [3.05, 3.63) is 48.3 Å². The maximum absolute atomic E-state index is 12.5. The first-order chi connectivity index (χ1) is 13.2. The maximum Gasteiger partial charge on any atom is 0.319 e. The lowest BCUT2D eigenvalue weighted by Crippen LogP contribution is -2.40. The fraction of sp³-hybridized carbons (Fsp3) is 0.421. The van der Waals surface area contributed by atoms with Crippen molar-refractivity contribution in [3.63, 3.8) is 0 Å². The Labute approximate surface area is 158 Å². The van der Waals surface area contributed by atoms with Crippen LogP contribution in [-0.4, -0.2) is 53.4 Å². The van der Waals surface area contributed by atoms with Gasteiger partial charge in [0.2, 0.25) is 5.91 Å². The molecule has 1 saturated heterocycles. The molecular formula is C19H25N5O3. The monoisotopic (exact) mass is 371 g/mol. The molecule has 1 aromatic carbocycles. The average molecular weight is 371 g/mol. The highest BCUT2D eigenvalue weighted by Gasteiger charge is 2.25. The van der Waals surface area contributed by atoms with Crippen molar-refractivity contribution < 1.29 is 14.3 Å². The molecular weight excluding hydrogens is 346 g/mol. The molecule has 1 aliphatic rings. The van der Waals surface area contributed by atoms with Crippen LogP contribution < -0.4 is 10.6 Å². The summed E-state index contributed by atoms with van der Waals surface area (Å²) in [6.07, 6.45) is 4.79. The minimum atomic E-state index is -0.332. The number of nitrogens with zero attached hydrogens (tertiary/aromatic N) is 3. The topological polar surface area (TPSA) is 88.5 Å². The minimum absolute atomic E-state index is 0.137. The number of carbonyl (C=O) groups excluding carboxylic acids is 2. The Morgan fingerprint density at radius 1 is 1.33 bits per heavy atom. The second-order valence-corrected chi connectivity index (χ2v) is 6.49. The summed E-state index contributed by atoms with van der Waals surface area (Å²) in [6, 6.07) is 9.07. The van der Waals surface area contributed by atoms with Crippen molar-refractivity contribution in [2.45, 2.75) is 25.4 Å². The van der Waals surface area contributed by atoms with Gasteiger partial charge in [0, 0.05) is 32.8 Å². The van der Waals surface area contributed by atoms with Gasteiger partial charge >= 0.3 is 6.03 Å². The molecule has 2 aromatic rings. The summed E-state index contributed by atoms with van der Waals surface area (Å²) in [5.41, 5.74) is 1.57. The number of urea groups is 1. The lowest BCUT2D eigenvalue weighted by Gasteiger charge is -2.25. The van der Waals surface area contributed by atoms with Crippen LogP contribution in [-0.2, 0) is 16.1 Å². The van der Waals surface area contributed by atoms with Crippen LogP contribution in [0.2, 0.25) is 0 Å². The molecule has 8 heteroatoms. The van der Waals surface area contributed by atoms with Crippen molar-refractivity contribution in [1.82, 2.24) is 20.0 Å². The summed E-state index contributed by atoms with van der Waals surface area (Å²) < 4.78 is 6.72. The van der Waals surface area contributed by atoms with Crippen molar-refractivity contribution in [2.24, 2.45) is 0 Å². The molecule has 1 atom stereocenters. The molecule has 0 radical (unpaired) electrons. The van der Waals surface area contributed by atoms with Gasteiger partial charge in [0.15, 0.2) is 0 Å².